The number of halogens is 1. The molecule has 0 atom stereocenters. The first-order valence-electron chi connectivity index (χ1n) is 1.73. The maximum absolute atomic E-state index is 10.0. The van der Waals surface area contributed by atoms with Crippen LogP contribution in [0, 0.1) is 0 Å². The standard InChI is InChI=1S/C3H6ClNO2/c1-3(7)5(4)2-6/h6H,2H2,1H3. The monoisotopic (exact) mass is 123 g/mol. The highest BCUT2D eigenvalue weighted by molar-refractivity contribution is 6.20. The number of aliphatic hydroxyl groups is 1. The van der Waals surface area contributed by atoms with Gasteiger partial charge in [0.1, 0.15) is 6.73 Å². The number of hydrogen-bond acceptors (Lipinski definition) is 2. The number of hydrogen-bond donors (Lipinski definition) is 1. The van der Waals surface area contributed by atoms with Gasteiger partial charge in [0.15, 0.2) is 0 Å². The van der Waals surface area contributed by atoms with Crippen molar-refractivity contribution < 1.29 is 9.90 Å². The topological polar surface area (TPSA) is 40.5 Å². The van der Waals surface area contributed by atoms with Gasteiger partial charge in [-0.25, -0.2) is 4.42 Å². The second-order valence-electron chi connectivity index (χ2n) is 1.02. The van der Waals surface area contributed by atoms with E-state index in [1.165, 1.54) is 6.92 Å². The fourth-order valence-electron chi connectivity index (χ4n) is 0.0996. The third kappa shape index (κ3) is 2.42. The second-order valence-corrected chi connectivity index (χ2v) is 1.43. The minimum atomic E-state index is -0.434. The van der Waals surface area contributed by atoms with E-state index in [9.17, 15) is 4.79 Å². The molecule has 0 aliphatic heterocycles. The summed E-state index contributed by atoms with van der Waals surface area (Å²) in [7, 11) is 0. The first-order chi connectivity index (χ1) is 3.18. The lowest BCUT2D eigenvalue weighted by Gasteiger charge is -2.03. The van der Waals surface area contributed by atoms with E-state index in [0.29, 0.717) is 4.42 Å². The zero-order valence-corrected chi connectivity index (χ0v) is 4.64. The van der Waals surface area contributed by atoms with Gasteiger partial charge in [-0.2, -0.15) is 0 Å². The van der Waals surface area contributed by atoms with Crippen molar-refractivity contribution in [3.63, 3.8) is 0 Å². The molecule has 0 spiro atoms. The number of carbonyl (C=O) groups is 1. The summed E-state index contributed by atoms with van der Waals surface area (Å²) in [5.74, 6) is -0.357. The quantitative estimate of drug-likeness (QED) is 0.392. The van der Waals surface area contributed by atoms with Gasteiger partial charge < -0.3 is 5.11 Å². The van der Waals surface area contributed by atoms with Gasteiger partial charge in [-0.1, -0.05) is 0 Å². The van der Waals surface area contributed by atoms with Gasteiger partial charge in [0.2, 0.25) is 5.91 Å². The van der Waals surface area contributed by atoms with E-state index in [-0.39, 0.29) is 5.91 Å². The number of nitrogens with zero attached hydrogens (tertiary/aromatic N) is 1. The van der Waals surface area contributed by atoms with Gasteiger partial charge in [-0.15, -0.1) is 0 Å². The molecule has 0 rings (SSSR count). The summed E-state index contributed by atoms with van der Waals surface area (Å²) < 4.78 is 0.681. The smallest absolute Gasteiger partial charge is 0.235 e. The molecule has 0 aromatic heterocycles. The Bertz CT molecular complexity index is 75.3. The Kier molecular flexibility index (Phi) is 2.71. The third-order valence-electron chi connectivity index (χ3n) is 0.466. The molecule has 1 amide bonds. The van der Waals surface area contributed by atoms with E-state index in [1.807, 2.05) is 0 Å². The maximum atomic E-state index is 10.0. The lowest BCUT2D eigenvalue weighted by molar-refractivity contribution is -0.126. The minimum Gasteiger partial charge on any atom is -0.375 e. The summed E-state index contributed by atoms with van der Waals surface area (Å²) in [6.07, 6.45) is 0. The number of aliphatic hydroxyl groups excluding tert-OH is 1. The van der Waals surface area contributed by atoms with Crippen LogP contribution >= 0.6 is 11.8 Å². The van der Waals surface area contributed by atoms with Crippen molar-refractivity contribution in [3.05, 3.63) is 0 Å². The molecule has 0 saturated carbocycles. The SMILES string of the molecule is CC(=O)N(Cl)CO. The maximum Gasteiger partial charge on any atom is 0.235 e. The van der Waals surface area contributed by atoms with Gasteiger partial charge in [-0.05, 0) is 0 Å². The molecular weight excluding hydrogens is 117 g/mol. The zero-order chi connectivity index (χ0) is 5.86. The van der Waals surface area contributed by atoms with Gasteiger partial charge in [0.25, 0.3) is 0 Å². The Hall–Kier alpha value is -0.280. The van der Waals surface area contributed by atoms with Crippen LogP contribution in [0.2, 0.25) is 0 Å². The molecule has 0 aliphatic carbocycles. The van der Waals surface area contributed by atoms with Crippen molar-refractivity contribution in [1.29, 1.82) is 0 Å². The molecule has 0 heterocycles. The number of carbonyl (C=O) groups excluding carboxylic acids is 1. The summed E-state index contributed by atoms with van der Waals surface area (Å²) in [5, 5.41) is 8.08. The highest BCUT2D eigenvalue weighted by Crippen LogP contribution is 1.88. The Morgan fingerprint density at radius 2 is 2.43 bits per heavy atom. The molecule has 0 bridgehead atoms. The van der Waals surface area contributed by atoms with Crippen LogP contribution in [-0.4, -0.2) is 22.2 Å². The van der Waals surface area contributed by atoms with Gasteiger partial charge >= 0.3 is 0 Å². The first kappa shape index (κ1) is 6.72. The summed E-state index contributed by atoms with van der Waals surface area (Å²) in [4.78, 5) is 10.0. The summed E-state index contributed by atoms with van der Waals surface area (Å²) >= 11 is 5.03. The molecule has 0 unspecified atom stereocenters. The predicted octanol–water partition coefficient (Wildman–Crippen LogP) is -0.0615. The molecule has 0 aromatic rings. The van der Waals surface area contributed by atoms with E-state index in [2.05, 4.69) is 0 Å². The molecule has 0 fully saturated rings. The average molecular weight is 124 g/mol. The van der Waals surface area contributed by atoms with Crippen LogP contribution in [0.25, 0.3) is 0 Å². The fourth-order valence-corrected chi connectivity index (χ4v) is 0.0996. The first-order valence-corrected chi connectivity index (χ1v) is 2.07. The molecule has 42 valence electrons. The Labute approximate surface area is 46.6 Å². The molecule has 4 heteroatoms. The minimum absolute atomic E-state index is 0.357. The van der Waals surface area contributed by atoms with Crippen molar-refractivity contribution >= 4 is 17.7 Å². The highest BCUT2D eigenvalue weighted by Gasteiger charge is 1.98. The van der Waals surface area contributed by atoms with Crippen LogP contribution in [0.5, 0.6) is 0 Å². The number of rotatable bonds is 1. The van der Waals surface area contributed by atoms with Gasteiger partial charge in [0.05, 0.1) is 0 Å². The molecule has 0 radical (unpaired) electrons. The molecule has 3 nitrogen and oxygen atoms in total. The van der Waals surface area contributed by atoms with E-state index >= 15 is 0 Å². The van der Waals surface area contributed by atoms with Crippen LogP contribution in [0.15, 0.2) is 0 Å². The molecule has 0 aliphatic rings. The third-order valence-corrected chi connectivity index (χ3v) is 0.811. The Morgan fingerprint density at radius 3 is 2.43 bits per heavy atom. The predicted molar refractivity (Wildman–Crippen MR) is 25.5 cm³/mol. The largest absolute Gasteiger partial charge is 0.375 e. The zero-order valence-electron chi connectivity index (χ0n) is 3.89. The van der Waals surface area contributed by atoms with Crippen LogP contribution in [0.4, 0.5) is 0 Å². The molecule has 1 N–H and O–H groups in total. The Balaban J connectivity index is 3.34. The Morgan fingerprint density at radius 1 is 2.00 bits per heavy atom. The van der Waals surface area contributed by atoms with E-state index < -0.39 is 6.73 Å². The highest BCUT2D eigenvalue weighted by atomic mass is 35.5. The summed E-state index contributed by atoms with van der Waals surface area (Å²) in [6.45, 7) is 0.833. The fraction of sp³-hybridized carbons (Fsp3) is 0.667. The van der Waals surface area contributed by atoms with E-state index in [1.54, 1.807) is 0 Å². The van der Waals surface area contributed by atoms with Crippen molar-refractivity contribution in [1.82, 2.24) is 4.42 Å². The van der Waals surface area contributed by atoms with Gasteiger partial charge in [-0.3, -0.25) is 4.79 Å². The van der Waals surface area contributed by atoms with Crippen molar-refractivity contribution in [2.45, 2.75) is 6.92 Å². The molecule has 0 saturated heterocycles. The lowest BCUT2D eigenvalue weighted by atomic mass is 10.7. The van der Waals surface area contributed by atoms with Gasteiger partial charge in [0, 0.05) is 18.7 Å². The molecule has 0 aromatic carbocycles. The lowest BCUT2D eigenvalue weighted by Crippen LogP contribution is -2.18. The van der Waals surface area contributed by atoms with Crippen molar-refractivity contribution in [2.75, 3.05) is 6.73 Å². The van der Waals surface area contributed by atoms with E-state index in [4.69, 9.17) is 16.9 Å². The number of amides is 1. The van der Waals surface area contributed by atoms with Crippen LogP contribution in [0.1, 0.15) is 6.92 Å². The molecular formula is C3H6ClNO2. The van der Waals surface area contributed by atoms with Crippen molar-refractivity contribution in [3.8, 4) is 0 Å². The summed E-state index contributed by atoms with van der Waals surface area (Å²) in [5.41, 5.74) is 0. The normalized spacial score (nSPS) is 8.43. The van der Waals surface area contributed by atoms with E-state index in [0.717, 1.165) is 0 Å². The van der Waals surface area contributed by atoms with Crippen LogP contribution in [-0.2, 0) is 4.79 Å². The average Bonchev–Trinajstić information content (AvgIpc) is 1.65. The second kappa shape index (κ2) is 2.82. The summed E-state index contributed by atoms with van der Waals surface area (Å²) in [6, 6.07) is 0. The van der Waals surface area contributed by atoms with Crippen LogP contribution < -0.4 is 0 Å². The van der Waals surface area contributed by atoms with Crippen molar-refractivity contribution in [2.24, 2.45) is 0 Å². The van der Waals surface area contributed by atoms with Crippen LogP contribution in [0.3, 0.4) is 0 Å². The molecule has 7 heavy (non-hydrogen) atoms.